The first-order chi connectivity index (χ1) is 13.4. The van der Waals surface area contributed by atoms with Gasteiger partial charge in [0.2, 0.25) is 15.9 Å². The lowest BCUT2D eigenvalue weighted by atomic mass is 10.2. The molecule has 28 heavy (non-hydrogen) atoms. The lowest BCUT2D eigenvalue weighted by molar-refractivity contribution is -0.122. The van der Waals surface area contributed by atoms with Gasteiger partial charge in [-0.3, -0.25) is 9.59 Å². The Balaban J connectivity index is 1.68. The van der Waals surface area contributed by atoms with E-state index in [1.807, 2.05) is 6.07 Å². The van der Waals surface area contributed by atoms with Crippen LogP contribution in [0.3, 0.4) is 0 Å². The van der Waals surface area contributed by atoms with E-state index in [-0.39, 0.29) is 17.4 Å². The number of nitriles is 1. The van der Waals surface area contributed by atoms with Crippen LogP contribution in [0.5, 0.6) is 0 Å². The highest BCUT2D eigenvalue weighted by Crippen LogP contribution is 2.38. The molecule has 0 radical (unpaired) electrons. The Kier molecular flexibility index (Phi) is 4.49. The van der Waals surface area contributed by atoms with Crippen LogP contribution in [0.25, 0.3) is 0 Å². The number of amides is 2. The number of nitrogens with zero attached hydrogens (tertiary/aromatic N) is 3. The molecule has 142 valence electrons. The van der Waals surface area contributed by atoms with Gasteiger partial charge in [0, 0.05) is 6.04 Å². The van der Waals surface area contributed by atoms with Gasteiger partial charge in [0.25, 0.3) is 5.91 Å². The topological polar surface area (TPSA) is 98.5 Å². The zero-order valence-corrected chi connectivity index (χ0v) is 15.7. The van der Waals surface area contributed by atoms with Crippen molar-refractivity contribution in [3.63, 3.8) is 0 Å². The van der Waals surface area contributed by atoms with Crippen LogP contribution >= 0.6 is 0 Å². The van der Waals surface area contributed by atoms with Gasteiger partial charge in [-0.15, -0.1) is 0 Å². The van der Waals surface area contributed by atoms with E-state index >= 15 is 0 Å². The Morgan fingerprint density at radius 2 is 1.64 bits per heavy atom. The molecule has 2 aromatic rings. The number of anilines is 1. The zero-order valence-electron chi connectivity index (χ0n) is 14.9. The van der Waals surface area contributed by atoms with Crippen molar-refractivity contribution in [1.29, 1.82) is 5.26 Å². The maximum atomic E-state index is 13.2. The molecule has 1 saturated heterocycles. The number of rotatable bonds is 5. The summed E-state index contributed by atoms with van der Waals surface area (Å²) in [5.41, 5.74) is 0.745. The summed E-state index contributed by atoms with van der Waals surface area (Å²) in [6.07, 6.45) is 1.14. The molecule has 1 saturated carbocycles. The minimum absolute atomic E-state index is 0.110. The van der Waals surface area contributed by atoms with Gasteiger partial charge < -0.3 is 0 Å². The van der Waals surface area contributed by atoms with Crippen LogP contribution in [-0.4, -0.2) is 36.6 Å². The maximum Gasteiger partial charge on any atom is 0.252 e. The average Bonchev–Trinajstić information content (AvgIpc) is 3.48. The van der Waals surface area contributed by atoms with Crippen molar-refractivity contribution < 1.29 is 18.0 Å². The van der Waals surface area contributed by atoms with Gasteiger partial charge in [-0.25, -0.2) is 13.3 Å². The van der Waals surface area contributed by atoms with Crippen molar-refractivity contribution in [2.45, 2.75) is 36.2 Å². The molecule has 1 aliphatic heterocycles. The number of benzene rings is 2. The van der Waals surface area contributed by atoms with Gasteiger partial charge in [0.1, 0.15) is 6.04 Å². The Hall–Kier alpha value is -3.02. The number of carbonyl (C=O) groups is 2. The van der Waals surface area contributed by atoms with Crippen molar-refractivity contribution in [2.75, 3.05) is 4.90 Å². The molecule has 0 bridgehead atoms. The summed E-state index contributed by atoms with van der Waals surface area (Å²) in [5, 5.41) is 8.91. The van der Waals surface area contributed by atoms with E-state index in [2.05, 4.69) is 0 Å². The molecule has 0 N–H and O–H groups in total. The Labute approximate surface area is 162 Å². The van der Waals surface area contributed by atoms with E-state index in [9.17, 15) is 18.0 Å². The number of carbonyl (C=O) groups excluding carboxylic acids is 2. The first-order valence-corrected chi connectivity index (χ1v) is 10.3. The van der Waals surface area contributed by atoms with Crippen molar-refractivity contribution in [3.8, 4) is 6.07 Å². The van der Waals surface area contributed by atoms with E-state index in [0.29, 0.717) is 24.1 Å². The predicted octanol–water partition coefficient (Wildman–Crippen LogP) is 2.04. The number of hydrogen-bond acceptors (Lipinski definition) is 5. The Bertz CT molecular complexity index is 1070. The fourth-order valence-corrected chi connectivity index (χ4v) is 5.28. The standard InChI is InChI=1S/C20H17N3O4S/c21-13-14-6-8-15(9-7-14)22-19(24)12-18(20(22)25)23(16-10-11-16)28(26,27)17-4-2-1-3-5-17/h1-9,16,18H,10-12H2. The second-order valence-corrected chi connectivity index (χ2v) is 8.67. The van der Waals surface area contributed by atoms with Crippen LogP contribution in [0, 0.1) is 11.3 Å². The van der Waals surface area contributed by atoms with Crippen LogP contribution in [0.15, 0.2) is 59.5 Å². The molecule has 2 aliphatic rings. The summed E-state index contributed by atoms with van der Waals surface area (Å²) < 4.78 is 27.6. The molecule has 1 unspecified atom stereocenters. The van der Waals surface area contributed by atoms with Crippen molar-refractivity contribution >= 4 is 27.5 Å². The van der Waals surface area contributed by atoms with Crippen LogP contribution in [0.2, 0.25) is 0 Å². The summed E-state index contributed by atoms with van der Waals surface area (Å²) in [6, 6.07) is 14.7. The molecule has 7 nitrogen and oxygen atoms in total. The average molecular weight is 395 g/mol. The second kappa shape index (κ2) is 6.86. The Morgan fingerprint density at radius 1 is 1.00 bits per heavy atom. The van der Waals surface area contributed by atoms with E-state index in [1.165, 1.54) is 40.7 Å². The number of imide groups is 1. The molecule has 4 rings (SSSR count). The van der Waals surface area contributed by atoms with Gasteiger partial charge in [0.05, 0.1) is 28.6 Å². The smallest absolute Gasteiger partial charge is 0.252 e. The third-order valence-electron chi connectivity index (χ3n) is 4.91. The predicted molar refractivity (Wildman–Crippen MR) is 101 cm³/mol. The zero-order chi connectivity index (χ0) is 19.9. The molecule has 1 atom stereocenters. The van der Waals surface area contributed by atoms with Gasteiger partial charge >= 0.3 is 0 Å². The SMILES string of the molecule is N#Cc1ccc(N2C(=O)CC(N(C3CC3)S(=O)(=O)c3ccccc3)C2=O)cc1. The summed E-state index contributed by atoms with van der Waals surface area (Å²) >= 11 is 0. The minimum Gasteiger partial charge on any atom is -0.274 e. The van der Waals surface area contributed by atoms with Crippen LogP contribution in [0.4, 0.5) is 5.69 Å². The highest BCUT2D eigenvalue weighted by molar-refractivity contribution is 7.89. The lowest BCUT2D eigenvalue weighted by Gasteiger charge is -2.26. The third-order valence-corrected chi connectivity index (χ3v) is 6.89. The number of sulfonamides is 1. The van der Waals surface area contributed by atoms with Crippen LogP contribution in [0.1, 0.15) is 24.8 Å². The van der Waals surface area contributed by atoms with Crippen molar-refractivity contribution in [3.05, 3.63) is 60.2 Å². The van der Waals surface area contributed by atoms with Gasteiger partial charge in [-0.2, -0.15) is 9.57 Å². The molecule has 2 fully saturated rings. The van der Waals surface area contributed by atoms with E-state index in [1.54, 1.807) is 18.2 Å². The molecular formula is C20H17N3O4S. The largest absolute Gasteiger partial charge is 0.274 e. The first kappa shape index (κ1) is 18.3. The number of hydrogen-bond donors (Lipinski definition) is 0. The minimum atomic E-state index is -3.90. The molecular weight excluding hydrogens is 378 g/mol. The van der Waals surface area contributed by atoms with Crippen molar-refractivity contribution in [1.82, 2.24) is 4.31 Å². The van der Waals surface area contributed by atoms with Gasteiger partial charge in [0.15, 0.2) is 0 Å². The molecule has 1 aliphatic carbocycles. The highest BCUT2D eigenvalue weighted by atomic mass is 32.2. The fraction of sp³-hybridized carbons (Fsp3) is 0.250. The van der Waals surface area contributed by atoms with E-state index in [4.69, 9.17) is 5.26 Å². The summed E-state index contributed by atoms with van der Waals surface area (Å²) in [5.74, 6) is -1.00. The summed E-state index contributed by atoms with van der Waals surface area (Å²) in [6.45, 7) is 0. The molecule has 2 amide bonds. The van der Waals surface area contributed by atoms with Gasteiger partial charge in [-0.1, -0.05) is 18.2 Å². The van der Waals surface area contributed by atoms with Gasteiger partial charge in [-0.05, 0) is 49.2 Å². The Morgan fingerprint density at radius 3 is 2.21 bits per heavy atom. The first-order valence-electron chi connectivity index (χ1n) is 8.89. The fourth-order valence-electron chi connectivity index (χ4n) is 3.43. The van der Waals surface area contributed by atoms with Crippen LogP contribution in [-0.2, 0) is 19.6 Å². The third kappa shape index (κ3) is 3.09. The molecule has 1 heterocycles. The molecule has 0 spiro atoms. The van der Waals surface area contributed by atoms with Crippen LogP contribution < -0.4 is 4.90 Å². The molecule has 2 aromatic carbocycles. The quantitative estimate of drug-likeness (QED) is 0.722. The second-order valence-electron chi connectivity index (χ2n) is 6.83. The monoisotopic (exact) mass is 395 g/mol. The normalized spacial score (nSPS) is 19.9. The highest BCUT2D eigenvalue weighted by Gasteiger charge is 2.51. The van der Waals surface area contributed by atoms with E-state index in [0.717, 1.165) is 4.90 Å². The molecule has 0 aromatic heterocycles. The summed E-state index contributed by atoms with van der Waals surface area (Å²) in [4.78, 5) is 26.8. The lowest BCUT2D eigenvalue weighted by Crippen LogP contribution is -2.46. The maximum absolute atomic E-state index is 13.2. The van der Waals surface area contributed by atoms with E-state index < -0.39 is 27.9 Å². The molecule has 8 heteroatoms. The van der Waals surface area contributed by atoms with Crippen molar-refractivity contribution in [2.24, 2.45) is 0 Å². The summed E-state index contributed by atoms with van der Waals surface area (Å²) in [7, 11) is -3.90.